The molecule has 1 aromatic heterocycles. The Morgan fingerprint density at radius 3 is 2.09 bits per heavy atom. The summed E-state index contributed by atoms with van der Waals surface area (Å²) in [5, 5.41) is 0.365. The molecule has 0 aliphatic carbocycles. The Hall–Kier alpha value is -4.03. The molecule has 32 heavy (non-hydrogen) atoms. The molecule has 0 fully saturated rings. The Morgan fingerprint density at radius 1 is 0.812 bits per heavy atom. The van der Waals surface area contributed by atoms with Crippen molar-refractivity contribution < 1.29 is 14.4 Å². The minimum Gasteiger partial charge on any atom is -0.302 e. The first-order valence-electron chi connectivity index (χ1n) is 9.92. The van der Waals surface area contributed by atoms with Gasteiger partial charge in [-0.25, -0.2) is 4.98 Å². The van der Waals surface area contributed by atoms with Gasteiger partial charge in [-0.15, -0.1) is 0 Å². The third-order valence-electron chi connectivity index (χ3n) is 5.42. The van der Waals surface area contributed by atoms with Crippen LogP contribution in [0.4, 0.5) is 0 Å². The number of hydrogen-bond acceptors (Lipinski definition) is 4. The molecular weight excluding hydrogens is 426 g/mol. The lowest BCUT2D eigenvalue weighted by Crippen LogP contribution is -2.30. The molecule has 0 spiro atoms. The van der Waals surface area contributed by atoms with Gasteiger partial charge in [0.2, 0.25) is 0 Å². The molecular formula is C25H16ClN3O3. The van der Waals surface area contributed by atoms with Crippen molar-refractivity contribution in [3.05, 3.63) is 118 Å². The number of fused-ring (bicyclic) bond motifs is 1. The van der Waals surface area contributed by atoms with Gasteiger partial charge in [0.25, 0.3) is 11.8 Å². The number of carbonyl (C=O) groups excluding carboxylic acids is 3. The van der Waals surface area contributed by atoms with Gasteiger partial charge >= 0.3 is 0 Å². The second kappa shape index (κ2) is 7.90. The summed E-state index contributed by atoms with van der Waals surface area (Å²) in [6.45, 7) is -0.0199. The van der Waals surface area contributed by atoms with Gasteiger partial charge in [-0.1, -0.05) is 48.0 Å². The molecule has 4 aromatic rings. The van der Waals surface area contributed by atoms with Crippen molar-refractivity contribution in [2.75, 3.05) is 0 Å². The fraction of sp³-hybridized carbons (Fsp3) is 0.0400. The molecule has 6 nitrogen and oxygen atoms in total. The maximum atomic E-state index is 13.3. The van der Waals surface area contributed by atoms with Crippen molar-refractivity contribution in [2.45, 2.75) is 6.54 Å². The molecule has 2 heterocycles. The number of benzene rings is 3. The van der Waals surface area contributed by atoms with E-state index in [9.17, 15) is 14.4 Å². The maximum Gasteiger partial charge on any atom is 0.261 e. The van der Waals surface area contributed by atoms with Gasteiger partial charge in [-0.3, -0.25) is 19.3 Å². The summed E-state index contributed by atoms with van der Waals surface area (Å²) < 4.78 is 1.72. The number of imidazole rings is 1. The molecule has 3 aromatic carbocycles. The van der Waals surface area contributed by atoms with E-state index in [0.717, 1.165) is 0 Å². The van der Waals surface area contributed by atoms with E-state index >= 15 is 0 Å². The van der Waals surface area contributed by atoms with Gasteiger partial charge in [-0.05, 0) is 36.4 Å². The number of para-hydroxylation sites is 1. The number of nitrogens with zero attached hydrogens (tertiary/aromatic N) is 3. The number of amides is 2. The SMILES string of the molecule is O=C(c1ccccc1Cl)c1ccccc1-n1ccnc1CN1C(=O)c2ccccc2C1=O. The van der Waals surface area contributed by atoms with Gasteiger partial charge in [0.1, 0.15) is 5.82 Å². The van der Waals surface area contributed by atoms with Crippen LogP contribution in [0.1, 0.15) is 42.5 Å². The van der Waals surface area contributed by atoms with Crippen LogP contribution in [0.5, 0.6) is 0 Å². The number of halogens is 1. The highest BCUT2D eigenvalue weighted by Crippen LogP contribution is 2.27. The quantitative estimate of drug-likeness (QED) is 0.336. The Bertz CT molecular complexity index is 1360. The van der Waals surface area contributed by atoms with Gasteiger partial charge in [0, 0.05) is 23.5 Å². The lowest BCUT2D eigenvalue weighted by Gasteiger charge is -2.17. The van der Waals surface area contributed by atoms with Crippen LogP contribution in [0.3, 0.4) is 0 Å². The van der Waals surface area contributed by atoms with Crippen LogP contribution >= 0.6 is 11.6 Å². The lowest BCUT2D eigenvalue weighted by atomic mass is 10.0. The first kappa shape index (κ1) is 19.9. The maximum absolute atomic E-state index is 13.3. The van der Waals surface area contributed by atoms with E-state index in [4.69, 9.17) is 11.6 Å². The minimum atomic E-state index is -0.361. The molecule has 0 unspecified atom stereocenters. The van der Waals surface area contributed by atoms with E-state index in [1.54, 1.807) is 83.7 Å². The molecule has 1 aliphatic rings. The van der Waals surface area contributed by atoms with E-state index in [1.165, 1.54) is 4.90 Å². The van der Waals surface area contributed by atoms with Crippen molar-refractivity contribution in [3.8, 4) is 5.69 Å². The zero-order chi connectivity index (χ0) is 22.2. The van der Waals surface area contributed by atoms with Crippen LogP contribution in [-0.4, -0.2) is 32.0 Å². The van der Waals surface area contributed by atoms with Gasteiger partial charge in [0.05, 0.1) is 28.4 Å². The Morgan fingerprint density at radius 2 is 1.41 bits per heavy atom. The van der Waals surface area contributed by atoms with Crippen LogP contribution < -0.4 is 0 Å². The largest absolute Gasteiger partial charge is 0.302 e. The molecule has 2 amide bonds. The highest BCUT2D eigenvalue weighted by atomic mass is 35.5. The van der Waals surface area contributed by atoms with E-state index in [-0.39, 0.29) is 24.1 Å². The third-order valence-corrected chi connectivity index (χ3v) is 5.75. The monoisotopic (exact) mass is 441 g/mol. The van der Waals surface area contributed by atoms with Crippen molar-refractivity contribution in [1.29, 1.82) is 0 Å². The van der Waals surface area contributed by atoms with Crippen LogP contribution in [0.15, 0.2) is 85.2 Å². The molecule has 0 atom stereocenters. The number of rotatable bonds is 5. The standard InChI is InChI=1S/C25H16ClN3O3/c26-20-11-5-3-9-18(20)23(30)19-10-4-6-12-21(19)28-14-13-27-22(28)15-29-24(31)16-7-1-2-8-17(16)25(29)32/h1-14H,15H2. The van der Waals surface area contributed by atoms with E-state index < -0.39 is 0 Å². The molecule has 1 aliphatic heterocycles. The molecule has 0 N–H and O–H groups in total. The minimum absolute atomic E-state index is 0.0199. The molecule has 0 radical (unpaired) electrons. The lowest BCUT2D eigenvalue weighted by molar-refractivity contribution is 0.0637. The number of ketones is 1. The molecule has 0 saturated heterocycles. The van der Waals surface area contributed by atoms with Crippen molar-refractivity contribution in [1.82, 2.24) is 14.5 Å². The summed E-state index contributed by atoms with van der Waals surface area (Å²) >= 11 is 6.25. The van der Waals surface area contributed by atoms with Crippen LogP contribution in [0.2, 0.25) is 5.02 Å². The topological polar surface area (TPSA) is 72.3 Å². The molecule has 5 rings (SSSR count). The average Bonchev–Trinajstić information content (AvgIpc) is 3.38. The van der Waals surface area contributed by atoms with E-state index in [1.807, 2.05) is 6.07 Å². The van der Waals surface area contributed by atoms with Crippen LogP contribution in [0.25, 0.3) is 5.69 Å². The third kappa shape index (κ3) is 3.21. The summed E-state index contributed by atoms with van der Waals surface area (Å²) in [6.07, 6.45) is 3.27. The molecule has 156 valence electrons. The highest BCUT2D eigenvalue weighted by molar-refractivity contribution is 6.35. The van der Waals surface area contributed by atoms with Gasteiger partial charge in [-0.2, -0.15) is 0 Å². The number of hydrogen-bond donors (Lipinski definition) is 0. The fourth-order valence-electron chi connectivity index (χ4n) is 3.86. The second-order valence-electron chi connectivity index (χ2n) is 7.28. The highest BCUT2D eigenvalue weighted by Gasteiger charge is 2.36. The first-order valence-corrected chi connectivity index (χ1v) is 10.3. The number of carbonyl (C=O) groups is 3. The summed E-state index contributed by atoms with van der Waals surface area (Å²) in [5.74, 6) is -0.494. The molecule has 7 heteroatoms. The summed E-state index contributed by atoms with van der Waals surface area (Å²) in [5.41, 5.74) is 2.17. The van der Waals surface area contributed by atoms with E-state index in [2.05, 4.69) is 4.98 Å². The van der Waals surface area contributed by atoms with Crippen LogP contribution in [0, 0.1) is 0 Å². The zero-order valence-electron chi connectivity index (χ0n) is 16.7. The fourth-order valence-corrected chi connectivity index (χ4v) is 4.08. The number of aromatic nitrogens is 2. The summed E-state index contributed by atoms with van der Waals surface area (Å²) in [7, 11) is 0. The normalized spacial score (nSPS) is 12.8. The average molecular weight is 442 g/mol. The van der Waals surface area contributed by atoms with Gasteiger partial charge < -0.3 is 4.57 Å². The smallest absolute Gasteiger partial charge is 0.261 e. The molecule has 0 saturated carbocycles. The van der Waals surface area contributed by atoms with Crippen molar-refractivity contribution in [2.24, 2.45) is 0 Å². The predicted molar refractivity (Wildman–Crippen MR) is 119 cm³/mol. The van der Waals surface area contributed by atoms with Crippen molar-refractivity contribution >= 4 is 29.2 Å². The number of imide groups is 1. The first-order chi connectivity index (χ1) is 15.6. The summed E-state index contributed by atoms with van der Waals surface area (Å²) in [4.78, 5) is 44.3. The van der Waals surface area contributed by atoms with Gasteiger partial charge in [0.15, 0.2) is 5.78 Å². The Kier molecular flexibility index (Phi) is 4.92. The molecule has 0 bridgehead atoms. The zero-order valence-corrected chi connectivity index (χ0v) is 17.5. The van der Waals surface area contributed by atoms with E-state index in [0.29, 0.717) is 38.8 Å². The predicted octanol–water partition coefficient (Wildman–Crippen LogP) is 4.55. The Balaban J connectivity index is 1.52. The summed E-state index contributed by atoms with van der Waals surface area (Å²) in [6, 6.07) is 20.7. The van der Waals surface area contributed by atoms with Crippen LogP contribution in [-0.2, 0) is 6.54 Å². The Labute approximate surface area is 188 Å². The second-order valence-corrected chi connectivity index (χ2v) is 7.69. The van der Waals surface area contributed by atoms with Crippen molar-refractivity contribution in [3.63, 3.8) is 0 Å².